The molecule has 8 nitrogen and oxygen atoms in total. The number of imidazole rings is 1. The minimum absolute atomic E-state index is 0.00646. The van der Waals surface area contributed by atoms with Crippen LogP contribution < -0.4 is 5.73 Å². The second kappa shape index (κ2) is 5.04. The maximum absolute atomic E-state index is 9.74. The largest absolute Gasteiger partial charge is 0.396 e. The van der Waals surface area contributed by atoms with Crippen LogP contribution >= 0.6 is 0 Å². The molecular formula is C9H13N5O3. The van der Waals surface area contributed by atoms with Crippen LogP contribution in [-0.4, -0.2) is 42.9 Å². The summed E-state index contributed by atoms with van der Waals surface area (Å²) in [4.78, 5) is 11.8. The van der Waals surface area contributed by atoms with E-state index in [4.69, 9.17) is 15.6 Å². The first-order valence-corrected chi connectivity index (χ1v) is 5.08. The van der Waals surface area contributed by atoms with Crippen LogP contribution in [0.1, 0.15) is 12.8 Å². The molecule has 0 aliphatic heterocycles. The normalized spacial score (nSPS) is 13.1. The van der Waals surface area contributed by atoms with Crippen molar-refractivity contribution in [1.82, 2.24) is 19.5 Å². The van der Waals surface area contributed by atoms with Gasteiger partial charge in [0.1, 0.15) is 11.8 Å². The van der Waals surface area contributed by atoms with Gasteiger partial charge in [-0.2, -0.15) is 4.98 Å². The van der Waals surface area contributed by atoms with Crippen LogP contribution in [0.25, 0.3) is 11.2 Å². The summed E-state index contributed by atoms with van der Waals surface area (Å²) in [6.45, 7) is 0.240. The first-order valence-electron chi connectivity index (χ1n) is 5.08. The zero-order valence-electron chi connectivity index (χ0n) is 9.02. The minimum Gasteiger partial charge on any atom is -0.396 e. The highest BCUT2D eigenvalue weighted by molar-refractivity contribution is 5.70. The van der Waals surface area contributed by atoms with Gasteiger partial charge in [-0.1, -0.05) is 0 Å². The number of aromatic nitrogens is 4. The van der Waals surface area contributed by atoms with Gasteiger partial charge in [-0.25, -0.2) is 9.97 Å². The Morgan fingerprint density at radius 1 is 1.47 bits per heavy atom. The van der Waals surface area contributed by atoms with Gasteiger partial charge in [0.2, 0.25) is 12.4 Å². The van der Waals surface area contributed by atoms with Gasteiger partial charge in [0.25, 0.3) is 0 Å². The fraction of sp³-hybridized carbons (Fsp3) is 0.444. The van der Waals surface area contributed by atoms with Crippen LogP contribution in [0.5, 0.6) is 0 Å². The molecule has 2 aromatic heterocycles. The van der Waals surface area contributed by atoms with Gasteiger partial charge in [-0.3, -0.25) is 4.57 Å². The van der Waals surface area contributed by atoms with Crippen LogP contribution in [-0.2, 0) is 4.74 Å². The molecule has 2 aromatic rings. The molecule has 0 bridgehead atoms. The number of nitrogens with two attached hydrogens (primary N) is 1. The topological polar surface area (TPSA) is 119 Å². The summed E-state index contributed by atoms with van der Waals surface area (Å²) < 4.78 is 6.43. The maximum Gasteiger partial charge on any atom is 0.244 e. The van der Waals surface area contributed by atoms with Gasteiger partial charge in [0.15, 0.2) is 5.65 Å². The Labute approximate surface area is 96.7 Å². The third-order valence-electron chi connectivity index (χ3n) is 2.14. The maximum atomic E-state index is 9.74. The lowest BCUT2D eigenvalue weighted by Gasteiger charge is -2.12. The van der Waals surface area contributed by atoms with E-state index in [1.54, 1.807) is 0 Å². The molecule has 4 N–H and O–H groups in total. The van der Waals surface area contributed by atoms with E-state index < -0.39 is 6.41 Å². The molecule has 0 aliphatic rings. The summed E-state index contributed by atoms with van der Waals surface area (Å²) in [5.41, 5.74) is 6.37. The van der Waals surface area contributed by atoms with E-state index in [-0.39, 0.29) is 19.2 Å². The zero-order chi connectivity index (χ0) is 12.3. The van der Waals surface area contributed by atoms with E-state index in [2.05, 4.69) is 15.0 Å². The predicted octanol–water partition coefficient (Wildman–Crippen LogP) is -0.744. The molecule has 0 saturated heterocycles. The van der Waals surface area contributed by atoms with Gasteiger partial charge < -0.3 is 20.7 Å². The highest BCUT2D eigenvalue weighted by Crippen LogP contribution is 2.15. The number of aliphatic hydroxyl groups is 2. The fourth-order valence-corrected chi connectivity index (χ4v) is 1.34. The number of rotatable bonds is 5. The molecule has 0 spiro atoms. The average Bonchev–Trinajstić information content (AvgIpc) is 2.72. The van der Waals surface area contributed by atoms with Crippen LogP contribution in [0.2, 0.25) is 0 Å². The molecule has 17 heavy (non-hydrogen) atoms. The lowest BCUT2D eigenvalue weighted by Crippen LogP contribution is -2.13. The highest BCUT2D eigenvalue weighted by atomic mass is 16.6. The molecular weight excluding hydrogens is 226 g/mol. The second-order valence-electron chi connectivity index (χ2n) is 3.36. The highest BCUT2D eigenvalue weighted by Gasteiger charge is 2.12. The van der Waals surface area contributed by atoms with Gasteiger partial charge in [-0.15, -0.1) is 0 Å². The van der Waals surface area contributed by atoms with E-state index in [0.717, 1.165) is 0 Å². The Hall–Kier alpha value is -1.77. The van der Waals surface area contributed by atoms with Crippen LogP contribution in [0.4, 0.5) is 5.95 Å². The monoisotopic (exact) mass is 239 g/mol. The number of hydrogen-bond acceptors (Lipinski definition) is 7. The predicted molar refractivity (Wildman–Crippen MR) is 58.6 cm³/mol. The van der Waals surface area contributed by atoms with Crippen molar-refractivity contribution in [3.63, 3.8) is 0 Å². The van der Waals surface area contributed by atoms with E-state index in [1.807, 2.05) is 0 Å². The van der Waals surface area contributed by atoms with Crippen LogP contribution in [0.3, 0.4) is 0 Å². The summed E-state index contributed by atoms with van der Waals surface area (Å²) in [6, 6.07) is 0. The van der Waals surface area contributed by atoms with Crippen LogP contribution in [0.15, 0.2) is 12.5 Å². The molecule has 8 heteroatoms. The third-order valence-corrected chi connectivity index (χ3v) is 2.14. The van der Waals surface area contributed by atoms with E-state index in [0.29, 0.717) is 17.6 Å². The Balaban J connectivity index is 2.19. The fourth-order valence-electron chi connectivity index (χ4n) is 1.34. The first kappa shape index (κ1) is 11.7. The Kier molecular flexibility index (Phi) is 3.47. The van der Waals surface area contributed by atoms with E-state index >= 15 is 0 Å². The molecule has 2 heterocycles. The third kappa shape index (κ3) is 2.49. The van der Waals surface area contributed by atoms with Gasteiger partial charge in [0.05, 0.1) is 12.8 Å². The summed E-state index contributed by atoms with van der Waals surface area (Å²) >= 11 is 0. The van der Waals surface area contributed by atoms with Gasteiger partial charge in [-0.05, 0) is 6.42 Å². The quantitative estimate of drug-likeness (QED) is 0.464. The number of ether oxygens (including phenoxy) is 1. The molecule has 0 amide bonds. The Morgan fingerprint density at radius 3 is 3.06 bits per heavy atom. The van der Waals surface area contributed by atoms with Crippen molar-refractivity contribution < 1.29 is 14.9 Å². The first-order chi connectivity index (χ1) is 8.22. The molecule has 0 fully saturated rings. The van der Waals surface area contributed by atoms with Crippen molar-refractivity contribution in [1.29, 1.82) is 0 Å². The van der Waals surface area contributed by atoms with Crippen molar-refractivity contribution >= 4 is 17.1 Å². The Morgan fingerprint density at radius 2 is 2.29 bits per heavy atom. The van der Waals surface area contributed by atoms with E-state index in [1.165, 1.54) is 17.1 Å². The molecule has 1 unspecified atom stereocenters. The lowest BCUT2D eigenvalue weighted by molar-refractivity contribution is -0.152. The van der Waals surface area contributed by atoms with Gasteiger partial charge >= 0.3 is 0 Å². The molecule has 0 saturated carbocycles. The number of hydrogen-bond donors (Lipinski definition) is 3. The number of fused-ring (bicyclic) bond motifs is 1. The number of nitrogen functional groups attached to an aromatic ring is 1. The molecule has 0 aliphatic carbocycles. The summed E-state index contributed by atoms with van der Waals surface area (Å²) in [7, 11) is 0. The summed E-state index contributed by atoms with van der Waals surface area (Å²) in [5.74, 6) is 0.0989. The molecule has 1 atom stereocenters. The molecule has 0 radical (unpaired) electrons. The number of aliphatic hydroxyl groups excluding tert-OH is 2. The molecule has 92 valence electrons. The molecule has 0 aromatic carbocycles. The average molecular weight is 239 g/mol. The number of anilines is 1. The van der Waals surface area contributed by atoms with Crippen molar-refractivity contribution in [2.24, 2.45) is 0 Å². The minimum atomic E-state index is -1.21. The molecule has 2 rings (SSSR count). The second-order valence-corrected chi connectivity index (χ2v) is 3.36. The lowest BCUT2D eigenvalue weighted by atomic mass is 10.5. The van der Waals surface area contributed by atoms with Crippen molar-refractivity contribution in [2.75, 3.05) is 18.9 Å². The van der Waals surface area contributed by atoms with Crippen molar-refractivity contribution in [3.8, 4) is 0 Å². The zero-order valence-corrected chi connectivity index (χ0v) is 9.02. The summed E-state index contributed by atoms with van der Waals surface area (Å²) in [6.07, 6.45) is 2.10. The van der Waals surface area contributed by atoms with E-state index in [9.17, 15) is 5.11 Å². The van der Waals surface area contributed by atoms with Crippen LogP contribution in [0, 0.1) is 0 Å². The Bertz CT molecular complexity index is 500. The smallest absolute Gasteiger partial charge is 0.244 e. The van der Waals surface area contributed by atoms with Crippen molar-refractivity contribution in [2.45, 2.75) is 12.8 Å². The van der Waals surface area contributed by atoms with Crippen molar-refractivity contribution in [3.05, 3.63) is 12.5 Å². The number of nitrogens with zero attached hydrogens (tertiary/aromatic N) is 4. The SMILES string of the molecule is Nc1ncc2ncn(C(O)OCCCO)c2n1. The standard InChI is InChI=1S/C9H13N5O3/c10-8-11-4-6-7(13-8)14(5-12-6)9(16)17-3-1-2-15/h4-5,9,15-16H,1-3H2,(H2,10,11,13). The van der Waals surface area contributed by atoms with Gasteiger partial charge in [0, 0.05) is 6.61 Å². The summed E-state index contributed by atoms with van der Waals surface area (Å²) in [5, 5.41) is 18.3.